The first kappa shape index (κ1) is 25.7. The quantitative estimate of drug-likeness (QED) is 0.465. The molecule has 1 saturated heterocycles. The molecule has 3 N–H and O–H groups in total. The Bertz CT molecular complexity index is 999. The number of halogens is 1. The van der Waals surface area contributed by atoms with Crippen LogP contribution in [-0.4, -0.2) is 44.8 Å². The van der Waals surface area contributed by atoms with E-state index in [-0.39, 0.29) is 30.7 Å². The number of carboxylic acid groups (broad SMARTS) is 1. The minimum Gasteiger partial charge on any atom is -0.483 e. The van der Waals surface area contributed by atoms with Gasteiger partial charge < -0.3 is 15.7 Å². The number of nitrogens with zero attached hydrogens (tertiary/aromatic N) is 3. The van der Waals surface area contributed by atoms with Crippen LogP contribution >= 0.6 is 0 Å². The summed E-state index contributed by atoms with van der Waals surface area (Å²) in [6.45, 7) is 6.14. The molecular weight excluding hydrogens is 423 g/mol. The van der Waals surface area contributed by atoms with E-state index in [1.165, 1.54) is 6.07 Å². The number of amides is 1. The van der Waals surface area contributed by atoms with E-state index < -0.39 is 6.04 Å². The lowest BCUT2D eigenvalue weighted by Crippen LogP contribution is -2.36. The Morgan fingerprint density at radius 2 is 2.12 bits per heavy atom. The van der Waals surface area contributed by atoms with Crippen LogP contribution < -0.4 is 5.73 Å². The lowest BCUT2D eigenvalue weighted by atomic mass is 10.0. The molecule has 1 fully saturated rings. The first-order chi connectivity index (χ1) is 15.9. The first-order valence-electron chi connectivity index (χ1n) is 10.8. The highest BCUT2D eigenvalue weighted by Crippen LogP contribution is 2.32. The van der Waals surface area contributed by atoms with E-state index in [4.69, 9.17) is 20.7 Å². The molecule has 1 amide bonds. The molecule has 0 spiro atoms. The molecule has 176 valence electrons. The second-order valence-corrected chi connectivity index (χ2v) is 7.62. The van der Waals surface area contributed by atoms with Crippen LogP contribution in [0.3, 0.4) is 0 Å². The van der Waals surface area contributed by atoms with Crippen molar-refractivity contribution in [2.24, 2.45) is 5.73 Å². The van der Waals surface area contributed by atoms with Crippen molar-refractivity contribution >= 4 is 18.1 Å². The fourth-order valence-corrected chi connectivity index (χ4v) is 3.89. The normalized spacial score (nSPS) is 16.9. The van der Waals surface area contributed by atoms with Crippen molar-refractivity contribution in [3.05, 3.63) is 84.5 Å². The van der Waals surface area contributed by atoms with Gasteiger partial charge in [-0.05, 0) is 56.0 Å². The highest BCUT2D eigenvalue weighted by molar-refractivity contribution is 5.77. The molecule has 0 bridgehead atoms. The highest BCUT2D eigenvalue weighted by atomic mass is 19.1. The maximum absolute atomic E-state index is 13.9. The second kappa shape index (κ2) is 13.1. The highest BCUT2D eigenvalue weighted by Gasteiger charge is 2.32. The molecule has 3 rings (SSSR count). The first-order valence-corrected chi connectivity index (χ1v) is 10.8. The molecule has 8 heteroatoms. The molecule has 0 saturated carbocycles. The van der Waals surface area contributed by atoms with Gasteiger partial charge in [0.25, 0.3) is 6.47 Å². The molecule has 0 radical (unpaired) electrons. The van der Waals surface area contributed by atoms with Crippen molar-refractivity contribution in [3.8, 4) is 0 Å². The number of nitrogens with two attached hydrogens (primary N) is 1. The van der Waals surface area contributed by atoms with Gasteiger partial charge in [0.1, 0.15) is 5.82 Å². The van der Waals surface area contributed by atoms with Crippen molar-refractivity contribution in [1.29, 1.82) is 0 Å². The minimum atomic E-state index is -0.426. The Morgan fingerprint density at radius 1 is 1.39 bits per heavy atom. The monoisotopic (exact) mass is 454 g/mol. The average Bonchev–Trinajstić information content (AvgIpc) is 3.45. The van der Waals surface area contributed by atoms with Crippen molar-refractivity contribution < 1.29 is 19.1 Å². The minimum absolute atomic E-state index is 0.00815. The number of rotatable bonds is 8. The number of aromatic nitrogens is 2. The van der Waals surface area contributed by atoms with Gasteiger partial charge in [0.05, 0.1) is 17.4 Å². The number of hydrogen-bond donors (Lipinski definition) is 2. The van der Waals surface area contributed by atoms with E-state index in [0.717, 1.165) is 24.2 Å². The summed E-state index contributed by atoms with van der Waals surface area (Å²) >= 11 is 0. The van der Waals surface area contributed by atoms with E-state index in [0.29, 0.717) is 18.5 Å². The van der Waals surface area contributed by atoms with Crippen LogP contribution in [0.5, 0.6) is 0 Å². The van der Waals surface area contributed by atoms with Gasteiger partial charge in [-0.2, -0.15) is 5.10 Å². The summed E-state index contributed by atoms with van der Waals surface area (Å²) in [5, 5.41) is 11.6. The van der Waals surface area contributed by atoms with Gasteiger partial charge in [0.15, 0.2) is 0 Å². The maximum Gasteiger partial charge on any atom is 0.290 e. The van der Waals surface area contributed by atoms with Crippen LogP contribution in [-0.2, 0) is 16.0 Å². The van der Waals surface area contributed by atoms with Gasteiger partial charge in [0.2, 0.25) is 5.91 Å². The third-order valence-electron chi connectivity index (χ3n) is 5.29. The molecule has 1 aromatic heterocycles. The Morgan fingerprint density at radius 3 is 2.79 bits per heavy atom. The van der Waals surface area contributed by atoms with Crippen LogP contribution in [0.2, 0.25) is 0 Å². The van der Waals surface area contributed by atoms with E-state index in [1.807, 2.05) is 42.3 Å². The average molecular weight is 455 g/mol. The molecule has 2 atom stereocenters. The molecule has 0 unspecified atom stereocenters. The predicted molar refractivity (Wildman–Crippen MR) is 127 cm³/mol. The summed E-state index contributed by atoms with van der Waals surface area (Å²) in [7, 11) is 0. The third kappa shape index (κ3) is 7.25. The van der Waals surface area contributed by atoms with E-state index in [2.05, 4.69) is 6.58 Å². The Hall–Kier alpha value is -3.52. The largest absolute Gasteiger partial charge is 0.483 e. The molecular formula is C25H31FN4O3. The molecule has 2 heterocycles. The fourth-order valence-electron chi connectivity index (χ4n) is 3.89. The zero-order valence-corrected chi connectivity index (χ0v) is 18.8. The van der Waals surface area contributed by atoms with Crippen molar-refractivity contribution in [2.45, 2.75) is 44.7 Å². The maximum atomic E-state index is 13.9. The molecule has 1 aliphatic rings. The van der Waals surface area contributed by atoms with Crippen LogP contribution in [0.15, 0.2) is 67.4 Å². The van der Waals surface area contributed by atoms with Crippen LogP contribution in [0.1, 0.15) is 43.5 Å². The summed E-state index contributed by atoms with van der Waals surface area (Å²) in [4.78, 5) is 23.2. The van der Waals surface area contributed by atoms with Crippen molar-refractivity contribution in [2.75, 3.05) is 6.54 Å². The molecule has 0 aliphatic carbocycles. The standard InChI is InChI=1S/C24H29FN4O.CH2O2/c1-3-8-20(9-4-2)29-15-13-22(27-29)23-12-7-14-28(23)24(30)17-19(26)16-18-10-5-6-11-21(18)25;2-1-3/h3-6,8-11,13,15,19,23H,1,7,12,14,16-17,26H2,2H3;1H,(H,2,3)/b9-4-,20-8+;/t19-,23+;/m1./s1. The fraction of sp³-hybridized carbons (Fsp3) is 0.320. The number of carbonyl (C=O) groups is 2. The van der Waals surface area contributed by atoms with Gasteiger partial charge in [0, 0.05) is 25.2 Å². The van der Waals surface area contributed by atoms with Crippen LogP contribution in [0.4, 0.5) is 4.39 Å². The smallest absolute Gasteiger partial charge is 0.290 e. The summed E-state index contributed by atoms with van der Waals surface area (Å²) in [5.41, 5.74) is 8.49. The van der Waals surface area contributed by atoms with E-state index >= 15 is 0 Å². The Kier molecular flexibility index (Phi) is 10.2. The number of allylic oxidation sites excluding steroid dienone is 5. The lowest BCUT2D eigenvalue weighted by Gasteiger charge is -2.25. The van der Waals surface area contributed by atoms with E-state index in [1.54, 1.807) is 29.0 Å². The summed E-state index contributed by atoms with van der Waals surface area (Å²) < 4.78 is 15.7. The number of hydrogen-bond acceptors (Lipinski definition) is 4. The summed E-state index contributed by atoms with van der Waals surface area (Å²) in [5.74, 6) is -0.291. The molecule has 1 aromatic carbocycles. The molecule has 1 aliphatic heterocycles. The van der Waals surface area contributed by atoms with Crippen molar-refractivity contribution in [1.82, 2.24) is 14.7 Å². The predicted octanol–water partition coefficient (Wildman–Crippen LogP) is 3.95. The van der Waals surface area contributed by atoms with Crippen molar-refractivity contribution in [3.63, 3.8) is 0 Å². The lowest BCUT2D eigenvalue weighted by molar-refractivity contribution is -0.132. The summed E-state index contributed by atoms with van der Waals surface area (Å²) in [6, 6.07) is 8.03. The van der Waals surface area contributed by atoms with Gasteiger partial charge in [-0.1, -0.05) is 36.9 Å². The van der Waals surface area contributed by atoms with Crippen LogP contribution in [0, 0.1) is 5.82 Å². The topological polar surface area (TPSA) is 101 Å². The molecule has 2 aromatic rings. The zero-order valence-electron chi connectivity index (χ0n) is 18.8. The third-order valence-corrected chi connectivity index (χ3v) is 5.29. The summed E-state index contributed by atoms with van der Waals surface area (Å²) in [6.07, 6.45) is 11.7. The molecule has 7 nitrogen and oxygen atoms in total. The number of benzene rings is 1. The Balaban J connectivity index is 0.00000122. The number of carbonyl (C=O) groups excluding carboxylic acids is 1. The van der Waals surface area contributed by atoms with Crippen LogP contribution in [0.25, 0.3) is 5.70 Å². The van der Waals surface area contributed by atoms with Gasteiger partial charge >= 0.3 is 0 Å². The van der Waals surface area contributed by atoms with Gasteiger partial charge in [-0.25, -0.2) is 9.07 Å². The second-order valence-electron chi connectivity index (χ2n) is 7.62. The zero-order chi connectivity index (χ0) is 24.2. The van der Waals surface area contributed by atoms with Gasteiger partial charge in [-0.15, -0.1) is 0 Å². The van der Waals surface area contributed by atoms with E-state index in [9.17, 15) is 9.18 Å². The number of likely N-dealkylation sites (tertiary alicyclic amines) is 1. The molecule has 33 heavy (non-hydrogen) atoms. The van der Waals surface area contributed by atoms with Gasteiger partial charge in [-0.3, -0.25) is 9.59 Å². The SMILES string of the molecule is C=C/C=C(\C=C/C)n1ccc([C@@H]2CCCN2C(=O)C[C@H](N)Cc2ccccc2F)n1.O=CO. The Labute approximate surface area is 193 Å².